The molecule has 0 atom stereocenters. The van der Waals surface area contributed by atoms with Crippen molar-refractivity contribution >= 4 is 45.9 Å². The van der Waals surface area contributed by atoms with Crippen LogP contribution >= 0.6 is 34.4 Å². The number of unbranched alkanes of at least 4 members (excludes halogenated alkanes) is 1. The second-order valence-electron chi connectivity index (χ2n) is 3.46. The van der Waals surface area contributed by atoms with Gasteiger partial charge in [-0.2, -0.15) is 11.8 Å². The Balaban J connectivity index is 2.26. The van der Waals surface area contributed by atoms with E-state index in [0.29, 0.717) is 5.75 Å². The van der Waals surface area contributed by atoms with Gasteiger partial charge in [-0.1, -0.05) is 13.3 Å². The Bertz CT molecular complexity index is 326. The summed E-state index contributed by atoms with van der Waals surface area (Å²) >= 11 is 3.94. The zero-order valence-corrected chi connectivity index (χ0v) is 12.3. The summed E-state index contributed by atoms with van der Waals surface area (Å²) in [7, 11) is 0. The van der Waals surface area contributed by atoms with E-state index in [1.165, 1.54) is 16.4 Å². The van der Waals surface area contributed by atoms with Crippen molar-refractivity contribution in [3.05, 3.63) is 27.8 Å². The molecule has 1 amide bonds. The first-order chi connectivity index (χ1) is 7.72. The molecule has 0 radical (unpaired) electrons. The first kappa shape index (κ1) is 13.8. The van der Waals surface area contributed by atoms with E-state index in [9.17, 15) is 4.79 Å². The predicted octanol–water partition coefficient (Wildman–Crippen LogP) is 3.76. The van der Waals surface area contributed by atoms with Crippen molar-refractivity contribution in [3.63, 3.8) is 0 Å². The number of benzene rings is 1. The van der Waals surface area contributed by atoms with Crippen molar-refractivity contribution in [1.29, 1.82) is 0 Å². The number of rotatable bonds is 6. The van der Waals surface area contributed by atoms with Crippen LogP contribution in [0.5, 0.6) is 0 Å². The third-order valence-corrected chi connectivity index (χ3v) is 3.77. The maximum absolute atomic E-state index is 11.5. The number of nitrogens with one attached hydrogen (secondary N) is 1. The highest BCUT2D eigenvalue weighted by Crippen LogP contribution is 2.12. The van der Waals surface area contributed by atoms with Crippen LogP contribution in [0.2, 0.25) is 0 Å². The average Bonchev–Trinajstić information content (AvgIpc) is 2.28. The molecule has 1 N–H and O–H groups in total. The minimum Gasteiger partial charge on any atom is -0.325 e. The van der Waals surface area contributed by atoms with Crippen LogP contribution in [0.25, 0.3) is 0 Å². The van der Waals surface area contributed by atoms with E-state index in [1.54, 1.807) is 11.8 Å². The van der Waals surface area contributed by atoms with E-state index >= 15 is 0 Å². The van der Waals surface area contributed by atoms with Gasteiger partial charge >= 0.3 is 0 Å². The maximum Gasteiger partial charge on any atom is 0.234 e. The zero-order chi connectivity index (χ0) is 11.8. The normalized spacial score (nSPS) is 10.1. The number of carbonyl (C=O) groups is 1. The quantitative estimate of drug-likeness (QED) is 0.626. The minimum atomic E-state index is 0.0855. The number of anilines is 1. The SMILES string of the molecule is CCCCSCC(=O)Nc1ccc(I)cc1. The Labute approximate surface area is 115 Å². The van der Waals surface area contributed by atoms with Gasteiger partial charge in [-0.25, -0.2) is 0 Å². The fourth-order valence-corrected chi connectivity index (χ4v) is 2.40. The van der Waals surface area contributed by atoms with Gasteiger partial charge in [0, 0.05) is 9.26 Å². The predicted molar refractivity (Wildman–Crippen MR) is 80.0 cm³/mol. The van der Waals surface area contributed by atoms with Crippen LogP contribution < -0.4 is 5.32 Å². The van der Waals surface area contributed by atoms with Crippen molar-refractivity contribution in [1.82, 2.24) is 0 Å². The summed E-state index contributed by atoms with van der Waals surface area (Å²) in [4.78, 5) is 11.5. The fourth-order valence-electron chi connectivity index (χ4n) is 1.14. The molecule has 0 aliphatic heterocycles. The molecular weight excluding hydrogens is 333 g/mol. The molecule has 0 heterocycles. The summed E-state index contributed by atoms with van der Waals surface area (Å²) in [5.74, 6) is 1.70. The number of amides is 1. The van der Waals surface area contributed by atoms with Gasteiger partial charge in [0.05, 0.1) is 5.75 Å². The molecule has 2 nitrogen and oxygen atoms in total. The first-order valence-electron chi connectivity index (χ1n) is 5.35. The van der Waals surface area contributed by atoms with Gasteiger partial charge in [0.1, 0.15) is 0 Å². The van der Waals surface area contributed by atoms with Crippen molar-refractivity contribution < 1.29 is 4.79 Å². The van der Waals surface area contributed by atoms with Gasteiger partial charge < -0.3 is 5.32 Å². The summed E-state index contributed by atoms with van der Waals surface area (Å²) in [6, 6.07) is 7.83. The molecule has 1 aromatic rings. The second-order valence-corrected chi connectivity index (χ2v) is 5.81. The van der Waals surface area contributed by atoms with Crippen LogP contribution in [0.4, 0.5) is 5.69 Å². The number of hydrogen-bond donors (Lipinski definition) is 1. The maximum atomic E-state index is 11.5. The van der Waals surface area contributed by atoms with Crippen LogP contribution in [0.15, 0.2) is 24.3 Å². The molecule has 0 aliphatic carbocycles. The second kappa shape index (κ2) is 7.95. The smallest absolute Gasteiger partial charge is 0.234 e. The topological polar surface area (TPSA) is 29.1 Å². The van der Waals surface area contributed by atoms with E-state index in [2.05, 4.69) is 34.8 Å². The number of hydrogen-bond acceptors (Lipinski definition) is 2. The summed E-state index contributed by atoms with van der Waals surface area (Å²) < 4.78 is 1.17. The summed E-state index contributed by atoms with van der Waals surface area (Å²) in [5.41, 5.74) is 0.876. The van der Waals surface area contributed by atoms with E-state index < -0.39 is 0 Å². The fraction of sp³-hybridized carbons (Fsp3) is 0.417. The van der Waals surface area contributed by atoms with Crippen molar-refractivity contribution in [2.24, 2.45) is 0 Å². The molecule has 0 bridgehead atoms. The molecule has 0 fully saturated rings. The Hall–Kier alpha value is -0.230. The summed E-state index contributed by atoms with van der Waals surface area (Å²) in [6.07, 6.45) is 2.37. The lowest BCUT2D eigenvalue weighted by Crippen LogP contribution is -2.14. The molecule has 0 unspecified atom stereocenters. The van der Waals surface area contributed by atoms with Crippen molar-refractivity contribution in [2.45, 2.75) is 19.8 Å². The van der Waals surface area contributed by atoms with Crippen LogP contribution in [0.1, 0.15) is 19.8 Å². The van der Waals surface area contributed by atoms with Gasteiger partial charge in [0.25, 0.3) is 0 Å². The Morgan fingerprint density at radius 2 is 2.06 bits per heavy atom. The lowest BCUT2D eigenvalue weighted by molar-refractivity contribution is -0.113. The highest BCUT2D eigenvalue weighted by atomic mass is 127. The van der Waals surface area contributed by atoms with Gasteiger partial charge in [-0.3, -0.25) is 4.79 Å². The van der Waals surface area contributed by atoms with E-state index in [1.807, 2.05) is 24.3 Å². The lowest BCUT2D eigenvalue weighted by Gasteiger charge is -2.04. The molecule has 1 aromatic carbocycles. The Morgan fingerprint density at radius 1 is 1.38 bits per heavy atom. The van der Waals surface area contributed by atoms with Crippen molar-refractivity contribution in [2.75, 3.05) is 16.8 Å². The lowest BCUT2D eigenvalue weighted by atomic mass is 10.3. The highest BCUT2D eigenvalue weighted by Gasteiger charge is 2.01. The number of carbonyl (C=O) groups excluding carboxylic acids is 1. The Morgan fingerprint density at radius 3 is 2.69 bits per heavy atom. The molecule has 16 heavy (non-hydrogen) atoms. The average molecular weight is 349 g/mol. The van der Waals surface area contributed by atoms with E-state index in [0.717, 1.165) is 11.4 Å². The minimum absolute atomic E-state index is 0.0855. The van der Waals surface area contributed by atoms with Gasteiger partial charge in [-0.15, -0.1) is 0 Å². The molecule has 0 aromatic heterocycles. The monoisotopic (exact) mass is 349 g/mol. The van der Waals surface area contributed by atoms with Crippen molar-refractivity contribution in [3.8, 4) is 0 Å². The molecule has 0 aliphatic rings. The molecule has 0 saturated heterocycles. The third-order valence-electron chi connectivity index (χ3n) is 2.00. The number of halogens is 1. The summed E-state index contributed by atoms with van der Waals surface area (Å²) in [6.45, 7) is 2.16. The zero-order valence-electron chi connectivity index (χ0n) is 9.33. The first-order valence-corrected chi connectivity index (χ1v) is 7.59. The Kier molecular flexibility index (Phi) is 6.87. The van der Waals surface area contributed by atoms with E-state index in [-0.39, 0.29) is 5.91 Å². The van der Waals surface area contributed by atoms with Gasteiger partial charge in [0.15, 0.2) is 0 Å². The van der Waals surface area contributed by atoms with Crippen LogP contribution in [-0.2, 0) is 4.79 Å². The van der Waals surface area contributed by atoms with Crippen LogP contribution in [0, 0.1) is 3.57 Å². The molecular formula is C12H16INOS. The highest BCUT2D eigenvalue weighted by molar-refractivity contribution is 14.1. The van der Waals surface area contributed by atoms with Crippen LogP contribution in [-0.4, -0.2) is 17.4 Å². The molecule has 0 saturated carbocycles. The molecule has 88 valence electrons. The third kappa shape index (κ3) is 5.75. The van der Waals surface area contributed by atoms with Gasteiger partial charge in [-0.05, 0) is 59.0 Å². The molecule has 4 heteroatoms. The largest absolute Gasteiger partial charge is 0.325 e. The van der Waals surface area contributed by atoms with Crippen LogP contribution in [0.3, 0.4) is 0 Å². The van der Waals surface area contributed by atoms with Gasteiger partial charge in [0.2, 0.25) is 5.91 Å². The molecule has 0 spiro atoms. The number of thioether (sulfide) groups is 1. The molecule has 1 rings (SSSR count). The summed E-state index contributed by atoms with van der Waals surface area (Å²) in [5, 5.41) is 2.88. The standard InChI is InChI=1S/C12H16INOS/c1-2-3-8-16-9-12(15)14-11-6-4-10(13)5-7-11/h4-7H,2-3,8-9H2,1H3,(H,14,15). The van der Waals surface area contributed by atoms with E-state index in [4.69, 9.17) is 0 Å².